The Balaban J connectivity index is 2.11. The summed E-state index contributed by atoms with van der Waals surface area (Å²) in [7, 11) is 1.37. The highest BCUT2D eigenvalue weighted by Gasteiger charge is 2.32. The number of azo groups is 1. The number of esters is 1. The fraction of sp³-hybridized carbons (Fsp3) is 0.118. The second-order valence-corrected chi connectivity index (χ2v) is 4.65. The summed E-state index contributed by atoms with van der Waals surface area (Å²) in [6.07, 6.45) is 0. The van der Waals surface area contributed by atoms with Gasteiger partial charge in [-0.25, -0.2) is 4.79 Å². The first-order valence-corrected chi connectivity index (χ1v) is 6.65. The third-order valence-corrected chi connectivity index (χ3v) is 3.37. The maximum atomic E-state index is 12.2. The van der Waals surface area contributed by atoms with Crippen molar-refractivity contribution in [2.45, 2.75) is 6.04 Å². The van der Waals surface area contributed by atoms with Gasteiger partial charge in [0, 0.05) is 5.56 Å². The predicted molar refractivity (Wildman–Crippen MR) is 79.4 cm³/mol. The summed E-state index contributed by atoms with van der Waals surface area (Å²) in [4.78, 5) is 12.2. The lowest BCUT2D eigenvalue weighted by atomic mass is 9.96. The highest BCUT2D eigenvalue weighted by Crippen LogP contribution is 2.39. The van der Waals surface area contributed by atoms with Crippen molar-refractivity contribution in [2.75, 3.05) is 7.11 Å². The lowest BCUT2D eigenvalue weighted by molar-refractivity contribution is -0.136. The van der Waals surface area contributed by atoms with E-state index in [0.717, 1.165) is 11.1 Å². The molecule has 0 N–H and O–H groups in total. The van der Waals surface area contributed by atoms with Crippen LogP contribution in [0.3, 0.4) is 0 Å². The van der Waals surface area contributed by atoms with Crippen molar-refractivity contribution in [1.29, 1.82) is 0 Å². The topological polar surface area (TPSA) is 51.0 Å². The zero-order chi connectivity index (χ0) is 14.7. The fourth-order valence-electron chi connectivity index (χ4n) is 2.35. The van der Waals surface area contributed by atoms with Gasteiger partial charge < -0.3 is 4.74 Å². The summed E-state index contributed by atoms with van der Waals surface area (Å²) < 4.78 is 4.92. The molecule has 0 spiro atoms. The van der Waals surface area contributed by atoms with Crippen LogP contribution >= 0.6 is 0 Å². The van der Waals surface area contributed by atoms with E-state index in [4.69, 9.17) is 4.74 Å². The SMILES string of the molecule is COC(=O)C1=C(c2ccccc2)N=NC1c1ccccc1. The predicted octanol–water partition coefficient (Wildman–Crippen LogP) is 3.78. The minimum Gasteiger partial charge on any atom is -0.466 e. The van der Waals surface area contributed by atoms with Gasteiger partial charge in [-0.05, 0) is 5.56 Å². The van der Waals surface area contributed by atoms with Crippen molar-refractivity contribution in [1.82, 2.24) is 0 Å². The van der Waals surface area contributed by atoms with Crippen LogP contribution in [0.1, 0.15) is 17.2 Å². The third kappa shape index (κ3) is 2.48. The first-order valence-electron chi connectivity index (χ1n) is 6.65. The Morgan fingerprint density at radius 3 is 2.24 bits per heavy atom. The van der Waals surface area contributed by atoms with Crippen LogP contribution in [0.2, 0.25) is 0 Å². The molecular formula is C17H14N2O2. The molecule has 1 aliphatic rings. The molecule has 0 aromatic heterocycles. The van der Waals surface area contributed by atoms with Crippen LogP contribution in [0, 0.1) is 0 Å². The molecule has 2 aromatic carbocycles. The van der Waals surface area contributed by atoms with Crippen LogP contribution in [0.25, 0.3) is 5.70 Å². The molecule has 0 saturated heterocycles. The standard InChI is InChI=1S/C17H14N2O2/c1-21-17(20)14-15(12-8-4-2-5-9-12)18-19-16(14)13-10-6-3-7-11-13/h2-11,15H,1H3. The Bertz CT molecular complexity index is 706. The van der Waals surface area contributed by atoms with Gasteiger partial charge in [0.05, 0.1) is 12.7 Å². The maximum absolute atomic E-state index is 12.2. The smallest absolute Gasteiger partial charge is 0.338 e. The van der Waals surface area contributed by atoms with Gasteiger partial charge in [-0.1, -0.05) is 60.7 Å². The molecule has 1 atom stereocenters. The Morgan fingerprint density at radius 2 is 1.62 bits per heavy atom. The van der Waals surface area contributed by atoms with Crippen LogP contribution < -0.4 is 0 Å². The van der Waals surface area contributed by atoms with Crippen molar-refractivity contribution < 1.29 is 9.53 Å². The highest BCUT2D eigenvalue weighted by molar-refractivity contribution is 5.99. The summed E-state index contributed by atoms with van der Waals surface area (Å²) in [6, 6.07) is 18.8. The molecule has 1 heterocycles. The molecular weight excluding hydrogens is 264 g/mol. The first-order chi connectivity index (χ1) is 10.3. The van der Waals surface area contributed by atoms with E-state index < -0.39 is 12.0 Å². The van der Waals surface area contributed by atoms with Crippen LogP contribution in [0.15, 0.2) is 76.5 Å². The summed E-state index contributed by atoms with van der Waals surface area (Å²) in [6.45, 7) is 0. The quantitative estimate of drug-likeness (QED) is 0.802. The van der Waals surface area contributed by atoms with Gasteiger partial charge in [-0.3, -0.25) is 0 Å². The maximum Gasteiger partial charge on any atom is 0.338 e. The Hall–Kier alpha value is -2.75. The van der Waals surface area contributed by atoms with Gasteiger partial charge in [0.2, 0.25) is 0 Å². The first kappa shape index (κ1) is 13.2. The van der Waals surface area contributed by atoms with E-state index in [1.54, 1.807) is 0 Å². The number of benzene rings is 2. The Labute approximate surface area is 122 Å². The second kappa shape index (κ2) is 5.71. The Morgan fingerprint density at radius 1 is 1.00 bits per heavy atom. The molecule has 0 bridgehead atoms. The van der Waals surface area contributed by atoms with Crippen molar-refractivity contribution in [3.63, 3.8) is 0 Å². The van der Waals surface area contributed by atoms with Crippen LogP contribution in [0.4, 0.5) is 0 Å². The molecule has 21 heavy (non-hydrogen) atoms. The molecule has 3 rings (SSSR count). The van der Waals surface area contributed by atoms with E-state index in [1.807, 2.05) is 60.7 Å². The largest absolute Gasteiger partial charge is 0.466 e. The molecule has 2 aromatic rings. The average Bonchev–Trinajstić information content (AvgIpc) is 3.00. The van der Waals surface area contributed by atoms with E-state index in [1.165, 1.54) is 7.11 Å². The number of carbonyl (C=O) groups excluding carboxylic acids is 1. The lowest BCUT2D eigenvalue weighted by Gasteiger charge is -2.11. The molecule has 4 heteroatoms. The van der Waals surface area contributed by atoms with Gasteiger partial charge in [0.1, 0.15) is 11.7 Å². The lowest BCUT2D eigenvalue weighted by Crippen LogP contribution is -2.11. The van der Waals surface area contributed by atoms with Crippen molar-refractivity contribution >= 4 is 11.7 Å². The Kier molecular flexibility index (Phi) is 3.60. The number of nitrogens with zero attached hydrogens (tertiary/aromatic N) is 2. The van der Waals surface area contributed by atoms with Crippen LogP contribution in [0.5, 0.6) is 0 Å². The van der Waals surface area contributed by atoms with E-state index >= 15 is 0 Å². The molecule has 0 saturated carbocycles. The minimum absolute atomic E-state index is 0.396. The van der Waals surface area contributed by atoms with Crippen LogP contribution in [-0.4, -0.2) is 13.1 Å². The zero-order valence-corrected chi connectivity index (χ0v) is 11.6. The molecule has 0 amide bonds. The summed E-state index contributed by atoms with van der Waals surface area (Å²) in [5.41, 5.74) is 2.85. The molecule has 4 nitrogen and oxygen atoms in total. The molecule has 0 radical (unpaired) electrons. The number of ether oxygens (including phenoxy) is 1. The number of hydrogen-bond donors (Lipinski definition) is 0. The average molecular weight is 278 g/mol. The number of methoxy groups -OCH3 is 1. The van der Waals surface area contributed by atoms with Gasteiger partial charge in [-0.15, -0.1) is 0 Å². The van der Waals surface area contributed by atoms with Crippen LogP contribution in [-0.2, 0) is 9.53 Å². The highest BCUT2D eigenvalue weighted by atomic mass is 16.5. The van der Waals surface area contributed by atoms with Gasteiger partial charge in [-0.2, -0.15) is 10.2 Å². The monoisotopic (exact) mass is 278 g/mol. The fourth-order valence-corrected chi connectivity index (χ4v) is 2.35. The van der Waals surface area contributed by atoms with Gasteiger partial charge in [0.15, 0.2) is 0 Å². The van der Waals surface area contributed by atoms with Crippen molar-refractivity contribution in [3.8, 4) is 0 Å². The van der Waals surface area contributed by atoms with Gasteiger partial charge >= 0.3 is 5.97 Å². The van der Waals surface area contributed by atoms with Gasteiger partial charge in [0.25, 0.3) is 0 Å². The van der Waals surface area contributed by atoms with E-state index in [2.05, 4.69) is 10.2 Å². The summed E-state index contributed by atoms with van der Waals surface area (Å²) in [5, 5.41) is 8.48. The number of carbonyl (C=O) groups is 1. The molecule has 1 aliphatic heterocycles. The number of rotatable bonds is 3. The number of hydrogen-bond acceptors (Lipinski definition) is 4. The van der Waals surface area contributed by atoms with E-state index in [9.17, 15) is 4.79 Å². The van der Waals surface area contributed by atoms with Crippen molar-refractivity contribution in [2.24, 2.45) is 10.2 Å². The summed E-state index contributed by atoms with van der Waals surface area (Å²) in [5.74, 6) is -0.396. The molecule has 0 aliphatic carbocycles. The van der Waals surface area contributed by atoms with E-state index in [0.29, 0.717) is 11.3 Å². The zero-order valence-electron chi connectivity index (χ0n) is 11.6. The normalized spacial score (nSPS) is 17.1. The molecule has 104 valence electrons. The molecule has 1 unspecified atom stereocenters. The van der Waals surface area contributed by atoms with E-state index in [-0.39, 0.29) is 0 Å². The second-order valence-electron chi connectivity index (χ2n) is 4.65. The van der Waals surface area contributed by atoms with Crippen molar-refractivity contribution in [3.05, 3.63) is 77.4 Å². The molecule has 0 fully saturated rings. The third-order valence-electron chi connectivity index (χ3n) is 3.37. The summed E-state index contributed by atoms with van der Waals surface area (Å²) >= 11 is 0. The minimum atomic E-state index is -0.408.